The van der Waals surface area contributed by atoms with E-state index in [1.807, 2.05) is 6.49 Å². The van der Waals surface area contributed by atoms with Crippen molar-refractivity contribution >= 4 is 3.21 Å². The van der Waals surface area contributed by atoms with Crippen molar-refractivity contribution in [2.24, 2.45) is 0 Å². The number of fused-ring (bicyclic) bond motifs is 3. The van der Waals surface area contributed by atoms with E-state index in [4.69, 9.17) is 0 Å². The normalized spacial score (nSPS) is 17.1. The number of rotatable bonds is 2. The van der Waals surface area contributed by atoms with Crippen LogP contribution in [-0.4, -0.2) is 3.21 Å². The van der Waals surface area contributed by atoms with E-state index in [1.165, 1.54) is 49.7 Å². The average molecular weight is 475 g/mol. The van der Waals surface area contributed by atoms with Gasteiger partial charge in [0.2, 0.25) is 0 Å². The van der Waals surface area contributed by atoms with E-state index in [0.29, 0.717) is 3.63 Å². The van der Waals surface area contributed by atoms with Crippen LogP contribution in [-0.2, 0) is 21.3 Å². The molecule has 3 aliphatic rings. The van der Waals surface area contributed by atoms with Crippen LogP contribution < -0.4 is 24.8 Å². The van der Waals surface area contributed by atoms with E-state index in [1.54, 1.807) is 11.1 Å². The van der Waals surface area contributed by atoms with Crippen molar-refractivity contribution in [2.75, 3.05) is 0 Å². The molecule has 0 spiro atoms. The molecule has 0 N–H and O–H groups in total. The molecule has 0 bridgehead atoms. The molecule has 3 aliphatic carbocycles. The Morgan fingerprint density at radius 1 is 0.741 bits per heavy atom. The molecule has 0 nitrogen and oxygen atoms in total. The van der Waals surface area contributed by atoms with Gasteiger partial charge in [0.1, 0.15) is 0 Å². The van der Waals surface area contributed by atoms with E-state index in [9.17, 15) is 0 Å². The molecule has 3 heteroatoms. The summed E-state index contributed by atoms with van der Waals surface area (Å²) in [5.41, 5.74) is 6.27. The van der Waals surface area contributed by atoms with Crippen LogP contribution in [0.5, 0.6) is 0 Å². The second kappa shape index (κ2) is 9.17. The monoisotopic (exact) mass is 472 g/mol. The summed E-state index contributed by atoms with van der Waals surface area (Å²) in [7, 11) is 0. The molecule has 0 radical (unpaired) electrons. The van der Waals surface area contributed by atoms with Crippen LogP contribution in [0.4, 0.5) is 0 Å². The Morgan fingerprint density at radius 2 is 1.33 bits per heavy atom. The summed E-state index contributed by atoms with van der Waals surface area (Å²) in [6, 6.07) is 18.5. The standard InChI is InChI=1S/C13H9.C6H10.C5H5.2ClH.Zr/c1-3-7-12-10(5-1)9-11-6-2-4-8-13(11)12;1-2-4-6-5-3-1;1-2-4-5-3-1;;;/h1-9H;1-5H2;1-3H,4H2;2*1H;/q;;;;;+2/p-2. The molecule has 138 valence electrons. The Kier molecular flexibility index (Phi) is 7.12. The molecular formula is C24H24Cl2Zr. The SMILES string of the molecule is C1=CC[C]([Zr+2](=[C]2CCCCC2)[CH]2c3ccccc3-c3ccccc32)=C1.[Cl-].[Cl-]. The molecule has 5 rings (SSSR count). The van der Waals surface area contributed by atoms with Gasteiger partial charge in [-0.3, -0.25) is 0 Å². The summed E-state index contributed by atoms with van der Waals surface area (Å²) in [4.78, 5) is 0. The van der Waals surface area contributed by atoms with E-state index >= 15 is 0 Å². The van der Waals surface area contributed by atoms with Gasteiger partial charge < -0.3 is 24.8 Å². The van der Waals surface area contributed by atoms with E-state index in [2.05, 4.69) is 66.8 Å². The van der Waals surface area contributed by atoms with Crippen LogP contribution in [0, 0.1) is 0 Å². The summed E-state index contributed by atoms with van der Waals surface area (Å²) in [6.07, 6.45) is 15.5. The smallest absolute Gasteiger partial charge is 1.00 e. The third-order valence-corrected chi connectivity index (χ3v) is 14.7. The predicted octanol–water partition coefficient (Wildman–Crippen LogP) is 0.363. The van der Waals surface area contributed by atoms with Gasteiger partial charge >= 0.3 is 159 Å². The first kappa shape index (κ1) is 21.0. The molecule has 0 amide bonds. The topological polar surface area (TPSA) is 0 Å². The Labute approximate surface area is 182 Å². The molecule has 2 aromatic carbocycles. The second-order valence-electron chi connectivity index (χ2n) is 7.51. The maximum Gasteiger partial charge on any atom is -1.00 e. The van der Waals surface area contributed by atoms with Crippen molar-refractivity contribution in [2.45, 2.75) is 42.2 Å². The van der Waals surface area contributed by atoms with Gasteiger partial charge in [-0.2, -0.15) is 0 Å². The fourth-order valence-electron chi connectivity index (χ4n) is 4.98. The van der Waals surface area contributed by atoms with Gasteiger partial charge in [-0.15, -0.1) is 0 Å². The summed E-state index contributed by atoms with van der Waals surface area (Å²) >= 11 is -1.91. The molecule has 0 aromatic heterocycles. The molecule has 0 unspecified atom stereocenters. The molecule has 2 aromatic rings. The van der Waals surface area contributed by atoms with Gasteiger partial charge in [-0.1, -0.05) is 0 Å². The van der Waals surface area contributed by atoms with Gasteiger partial charge in [0.05, 0.1) is 0 Å². The zero-order valence-corrected chi connectivity index (χ0v) is 19.4. The van der Waals surface area contributed by atoms with Crippen LogP contribution in [0.3, 0.4) is 0 Å². The van der Waals surface area contributed by atoms with Gasteiger partial charge in [-0.05, 0) is 0 Å². The Balaban J connectivity index is 0.00000105. The summed E-state index contributed by atoms with van der Waals surface area (Å²) in [5, 5.41) is 0. The van der Waals surface area contributed by atoms with Crippen LogP contribution in [0.2, 0.25) is 0 Å². The molecule has 27 heavy (non-hydrogen) atoms. The van der Waals surface area contributed by atoms with Crippen LogP contribution >= 0.6 is 0 Å². The first-order chi connectivity index (χ1) is 12.4. The van der Waals surface area contributed by atoms with E-state index in [0.717, 1.165) is 0 Å². The van der Waals surface area contributed by atoms with Crippen molar-refractivity contribution in [3.8, 4) is 11.1 Å². The maximum absolute atomic E-state index is 2.49. The van der Waals surface area contributed by atoms with Crippen LogP contribution in [0.1, 0.15) is 53.3 Å². The Morgan fingerprint density at radius 3 is 1.89 bits per heavy atom. The number of allylic oxidation sites excluding steroid dienone is 4. The van der Waals surface area contributed by atoms with Crippen molar-refractivity contribution in [3.05, 3.63) is 81.2 Å². The molecular weight excluding hydrogens is 450 g/mol. The zero-order chi connectivity index (χ0) is 16.6. The number of halogens is 2. The number of hydrogen-bond donors (Lipinski definition) is 0. The van der Waals surface area contributed by atoms with Crippen LogP contribution in [0.25, 0.3) is 11.1 Å². The molecule has 0 atom stereocenters. The molecule has 0 saturated heterocycles. The molecule has 0 aliphatic heterocycles. The minimum atomic E-state index is -1.91. The third-order valence-electron chi connectivity index (χ3n) is 6.08. The largest absolute Gasteiger partial charge is 1.00 e. The first-order valence-electron chi connectivity index (χ1n) is 9.69. The molecule has 1 saturated carbocycles. The maximum atomic E-state index is 2.49. The Bertz CT molecular complexity index is 870. The van der Waals surface area contributed by atoms with Crippen molar-refractivity contribution in [3.63, 3.8) is 0 Å². The molecule has 0 heterocycles. The van der Waals surface area contributed by atoms with Crippen LogP contribution in [0.15, 0.2) is 70.0 Å². The number of hydrogen-bond acceptors (Lipinski definition) is 0. The summed E-state index contributed by atoms with van der Waals surface area (Å²) in [5.74, 6) is 0. The number of benzene rings is 2. The zero-order valence-electron chi connectivity index (χ0n) is 15.4. The van der Waals surface area contributed by atoms with E-state index < -0.39 is 21.3 Å². The van der Waals surface area contributed by atoms with Gasteiger partial charge in [0.25, 0.3) is 0 Å². The summed E-state index contributed by atoms with van der Waals surface area (Å²) < 4.78 is 4.53. The van der Waals surface area contributed by atoms with E-state index in [-0.39, 0.29) is 24.8 Å². The van der Waals surface area contributed by atoms with Crippen molar-refractivity contribution in [1.29, 1.82) is 0 Å². The summed E-state index contributed by atoms with van der Waals surface area (Å²) in [6.45, 7) is 0. The predicted molar refractivity (Wildman–Crippen MR) is 104 cm³/mol. The van der Waals surface area contributed by atoms with Crippen molar-refractivity contribution < 1.29 is 46.1 Å². The third kappa shape index (κ3) is 3.76. The fraction of sp³-hybridized carbons (Fsp3) is 0.292. The molecule has 1 fully saturated rings. The minimum Gasteiger partial charge on any atom is -1.00 e. The fourth-order valence-corrected chi connectivity index (χ4v) is 14.5. The van der Waals surface area contributed by atoms with Gasteiger partial charge in [0, 0.05) is 0 Å². The second-order valence-corrected chi connectivity index (χ2v) is 14.3. The first-order valence-corrected chi connectivity index (χ1v) is 13.6. The van der Waals surface area contributed by atoms with Gasteiger partial charge in [-0.25, -0.2) is 0 Å². The Hall–Kier alpha value is -0.747. The van der Waals surface area contributed by atoms with Crippen molar-refractivity contribution in [1.82, 2.24) is 0 Å². The minimum absolute atomic E-state index is 0. The average Bonchev–Trinajstić information content (AvgIpc) is 3.31. The van der Waals surface area contributed by atoms with Gasteiger partial charge in [0.15, 0.2) is 0 Å². The quantitative estimate of drug-likeness (QED) is 0.590.